The molecular formula is C32H30O2. The van der Waals surface area contributed by atoms with Crippen molar-refractivity contribution in [3.63, 3.8) is 0 Å². The van der Waals surface area contributed by atoms with Gasteiger partial charge >= 0.3 is 0 Å². The molecule has 0 bridgehead atoms. The van der Waals surface area contributed by atoms with Gasteiger partial charge in [0, 0.05) is 6.07 Å². The number of aryl methyl sites for hydroxylation is 4. The third-order valence-electron chi connectivity index (χ3n) is 6.68. The van der Waals surface area contributed by atoms with Crippen molar-refractivity contribution in [3.8, 4) is 11.5 Å². The number of methoxy groups -OCH3 is 2. The number of hydrogen-bond acceptors (Lipinski definition) is 2. The molecule has 0 N–H and O–H groups in total. The summed E-state index contributed by atoms with van der Waals surface area (Å²) in [7, 11) is 3.48. The highest BCUT2D eigenvalue weighted by atomic mass is 16.5. The molecule has 5 aromatic carbocycles. The molecule has 34 heavy (non-hydrogen) atoms. The highest BCUT2D eigenvalue weighted by Gasteiger charge is 2.12. The topological polar surface area (TPSA) is 18.5 Å². The third-order valence-corrected chi connectivity index (χ3v) is 6.68. The van der Waals surface area contributed by atoms with E-state index < -0.39 is 0 Å². The predicted octanol–water partition coefficient (Wildman–Crippen LogP) is 7.58. The third kappa shape index (κ3) is 4.77. The van der Waals surface area contributed by atoms with Crippen molar-refractivity contribution in [1.29, 1.82) is 0 Å². The van der Waals surface area contributed by atoms with Gasteiger partial charge in [-0.25, -0.2) is 0 Å². The monoisotopic (exact) mass is 446 g/mol. The molecule has 2 heteroatoms. The zero-order valence-corrected chi connectivity index (χ0v) is 19.9. The van der Waals surface area contributed by atoms with Gasteiger partial charge in [0.2, 0.25) is 0 Å². The normalized spacial score (nSPS) is 11.1. The minimum absolute atomic E-state index is 0.895. The molecule has 0 aliphatic carbocycles. The molecule has 0 amide bonds. The van der Waals surface area contributed by atoms with Crippen LogP contribution < -0.4 is 9.47 Å². The number of benzene rings is 5. The SMILES string of the molecule is COc1cc(OC)c(CCc2ccc3ccccc3c2)cc1CCc1ccc2ccccc2c1. The maximum Gasteiger partial charge on any atom is 0.125 e. The Bertz CT molecular complexity index is 1330. The summed E-state index contributed by atoms with van der Waals surface area (Å²) in [6.07, 6.45) is 3.79. The number of fused-ring (bicyclic) bond motifs is 2. The lowest BCUT2D eigenvalue weighted by atomic mass is 9.96. The minimum atomic E-state index is 0.895. The van der Waals surface area contributed by atoms with E-state index in [1.807, 2.05) is 6.07 Å². The molecule has 0 aromatic heterocycles. The van der Waals surface area contributed by atoms with Crippen LogP contribution in [0.5, 0.6) is 11.5 Å². The predicted molar refractivity (Wildman–Crippen MR) is 142 cm³/mol. The molecule has 0 radical (unpaired) electrons. The molecule has 0 unspecified atom stereocenters. The Kier molecular flexibility index (Phi) is 6.49. The molecule has 0 spiro atoms. The molecule has 170 valence electrons. The summed E-state index contributed by atoms with van der Waals surface area (Å²) in [6, 6.07) is 34.9. The molecular weight excluding hydrogens is 416 g/mol. The van der Waals surface area contributed by atoms with Gasteiger partial charge in [0.05, 0.1) is 14.2 Å². The average Bonchev–Trinajstić information content (AvgIpc) is 2.90. The van der Waals surface area contributed by atoms with Crippen LogP contribution in [0.4, 0.5) is 0 Å². The van der Waals surface area contributed by atoms with E-state index in [1.165, 1.54) is 43.8 Å². The van der Waals surface area contributed by atoms with E-state index in [0.29, 0.717) is 0 Å². The lowest BCUT2D eigenvalue weighted by Crippen LogP contribution is -2.02. The van der Waals surface area contributed by atoms with Crippen LogP contribution in [0.3, 0.4) is 0 Å². The van der Waals surface area contributed by atoms with Crippen LogP contribution in [0, 0.1) is 0 Å². The minimum Gasteiger partial charge on any atom is -0.496 e. The first-order valence-electron chi connectivity index (χ1n) is 11.9. The average molecular weight is 447 g/mol. The zero-order chi connectivity index (χ0) is 23.3. The van der Waals surface area contributed by atoms with Crippen molar-refractivity contribution >= 4 is 21.5 Å². The van der Waals surface area contributed by atoms with Gasteiger partial charge in [0.25, 0.3) is 0 Å². The van der Waals surface area contributed by atoms with E-state index in [1.54, 1.807) is 14.2 Å². The fourth-order valence-corrected chi connectivity index (χ4v) is 4.77. The Hall–Kier alpha value is -3.78. The maximum absolute atomic E-state index is 5.73. The van der Waals surface area contributed by atoms with E-state index in [4.69, 9.17) is 9.47 Å². The molecule has 5 aromatic rings. The van der Waals surface area contributed by atoms with E-state index in [9.17, 15) is 0 Å². The molecule has 5 rings (SSSR count). The van der Waals surface area contributed by atoms with Crippen LogP contribution >= 0.6 is 0 Å². The number of ether oxygens (including phenoxy) is 2. The second-order valence-electron chi connectivity index (χ2n) is 8.84. The Morgan fingerprint density at radius 2 is 0.882 bits per heavy atom. The van der Waals surface area contributed by atoms with Crippen molar-refractivity contribution in [2.45, 2.75) is 25.7 Å². The summed E-state index contributed by atoms with van der Waals surface area (Å²) < 4.78 is 11.5. The highest BCUT2D eigenvalue weighted by Crippen LogP contribution is 2.31. The Labute approximate surface area is 201 Å². The second-order valence-corrected chi connectivity index (χ2v) is 8.84. The van der Waals surface area contributed by atoms with E-state index in [0.717, 1.165) is 37.2 Å². The molecule has 0 saturated carbocycles. The Morgan fingerprint density at radius 3 is 1.32 bits per heavy atom. The van der Waals surface area contributed by atoms with Crippen molar-refractivity contribution in [1.82, 2.24) is 0 Å². The second kappa shape index (κ2) is 10.0. The van der Waals surface area contributed by atoms with Gasteiger partial charge in [-0.1, -0.05) is 84.9 Å². The number of rotatable bonds is 8. The molecule has 0 aliphatic rings. The van der Waals surface area contributed by atoms with Crippen molar-refractivity contribution < 1.29 is 9.47 Å². The van der Waals surface area contributed by atoms with Gasteiger partial charge in [-0.3, -0.25) is 0 Å². The molecule has 0 fully saturated rings. The van der Waals surface area contributed by atoms with Gasteiger partial charge in [-0.05, 0) is 75.5 Å². The van der Waals surface area contributed by atoms with E-state index in [2.05, 4.69) is 91.0 Å². The summed E-state index contributed by atoms with van der Waals surface area (Å²) in [5.74, 6) is 1.79. The first-order valence-corrected chi connectivity index (χ1v) is 11.9. The first kappa shape index (κ1) is 22.0. The Balaban J connectivity index is 1.36. The molecule has 0 heterocycles. The van der Waals surface area contributed by atoms with Crippen LogP contribution in [0.1, 0.15) is 22.3 Å². The maximum atomic E-state index is 5.73. The standard InChI is InChI=1S/C32H30O2/c1-33-31-22-32(34-2)30(18-14-24-12-16-26-8-4-6-10-28(26)20-24)21-29(31)17-13-23-11-15-25-7-3-5-9-27(25)19-23/h3-12,15-16,19-22H,13-14,17-18H2,1-2H3. The fourth-order valence-electron chi connectivity index (χ4n) is 4.77. The van der Waals surface area contributed by atoms with E-state index in [-0.39, 0.29) is 0 Å². The zero-order valence-electron chi connectivity index (χ0n) is 19.9. The molecule has 0 saturated heterocycles. The largest absolute Gasteiger partial charge is 0.496 e. The molecule has 0 aliphatic heterocycles. The lowest BCUT2D eigenvalue weighted by Gasteiger charge is -2.15. The van der Waals surface area contributed by atoms with Crippen LogP contribution in [0.15, 0.2) is 97.1 Å². The molecule has 0 atom stereocenters. The van der Waals surface area contributed by atoms with E-state index >= 15 is 0 Å². The molecule has 2 nitrogen and oxygen atoms in total. The summed E-state index contributed by atoms with van der Waals surface area (Å²) >= 11 is 0. The van der Waals surface area contributed by atoms with Gasteiger partial charge in [0.15, 0.2) is 0 Å². The van der Waals surface area contributed by atoms with Crippen LogP contribution in [0.25, 0.3) is 21.5 Å². The number of hydrogen-bond donors (Lipinski definition) is 0. The summed E-state index contributed by atoms with van der Waals surface area (Å²) in [5, 5.41) is 5.14. The smallest absolute Gasteiger partial charge is 0.125 e. The fraction of sp³-hybridized carbons (Fsp3) is 0.188. The van der Waals surface area contributed by atoms with Gasteiger partial charge in [-0.15, -0.1) is 0 Å². The van der Waals surface area contributed by atoms with Crippen molar-refractivity contribution in [2.75, 3.05) is 14.2 Å². The van der Waals surface area contributed by atoms with Crippen LogP contribution in [-0.2, 0) is 25.7 Å². The summed E-state index contributed by atoms with van der Waals surface area (Å²) in [5.41, 5.74) is 5.14. The van der Waals surface area contributed by atoms with Crippen LogP contribution in [-0.4, -0.2) is 14.2 Å². The first-order chi connectivity index (χ1) is 16.7. The summed E-state index contributed by atoms with van der Waals surface area (Å²) in [4.78, 5) is 0. The Morgan fingerprint density at radius 1 is 0.441 bits per heavy atom. The summed E-state index contributed by atoms with van der Waals surface area (Å²) in [6.45, 7) is 0. The quantitative estimate of drug-likeness (QED) is 0.245. The van der Waals surface area contributed by atoms with Gasteiger partial charge < -0.3 is 9.47 Å². The van der Waals surface area contributed by atoms with Crippen LogP contribution in [0.2, 0.25) is 0 Å². The van der Waals surface area contributed by atoms with Gasteiger partial charge in [0.1, 0.15) is 11.5 Å². The van der Waals surface area contributed by atoms with Crippen molar-refractivity contribution in [2.24, 2.45) is 0 Å². The highest BCUT2D eigenvalue weighted by molar-refractivity contribution is 5.83. The van der Waals surface area contributed by atoms with Crippen molar-refractivity contribution in [3.05, 3.63) is 119 Å². The lowest BCUT2D eigenvalue weighted by molar-refractivity contribution is 0.388. The van der Waals surface area contributed by atoms with Gasteiger partial charge in [-0.2, -0.15) is 0 Å².